The maximum absolute atomic E-state index is 11.1. The van der Waals surface area contributed by atoms with Crippen LogP contribution in [-0.2, 0) is 11.2 Å². The summed E-state index contributed by atoms with van der Waals surface area (Å²) in [5.74, 6) is 1.31. The zero-order valence-corrected chi connectivity index (χ0v) is 12.7. The molecule has 0 saturated carbocycles. The minimum atomic E-state index is -2.58. The molecule has 1 N–H and O–H groups in total. The maximum Gasteiger partial charge on any atom is 0.231 e. The number of benzene rings is 1. The molecule has 1 aliphatic carbocycles. The number of hydrogen-bond acceptors (Lipinski definition) is 5. The number of hydrogen-bond donors (Lipinski definition) is 1. The summed E-state index contributed by atoms with van der Waals surface area (Å²) in [7, 11) is -2.58. The van der Waals surface area contributed by atoms with Gasteiger partial charge in [-0.1, -0.05) is 0 Å². The van der Waals surface area contributed by atoms with Gasteiger partial charge in [-0.25, -0.2) is 0 Å². The quantitative estimate of drug-likeness (QED) is 0.800. The zero-order valence-electron chi connectivity index (χ0n) is 15.7. The molecule has 1 aromatic rings. The molecule has 0 amide bonds. The van der Waals surface area contributed by atoms with Crippen molar-refractivity contribution in [2.24, 2.45) is 0 Å². The van der Waals surface area contributed by atoms with Crippen molar-refractivity contribution in [3.05, 3.63) is 35.1 Å². The number of ether oxygens (including phenoxy) is 3. The number of methoxy groups -OCH3 is 1. The first-order valence-electron chi connectivity index (χ1n) is 9.65. The SMILES string of the molecule is [2H][13C]([2H])([2H])OC1=C[C@@]23CCCN2CCc2cc4c(cc2[C@H]3[C@H]1O)OCO4. The van der Waals surface area contributed by atoms with Crippen LogP contribution in [0.25, 0.3) is 0 Å². The van der Waals surface area contributed by atoms with E-state index in [-0.39, 0.29) is 18.5 Å². The standard InChI is InChI=1S/C18H21NO4/c1-21-15-9-18-4-2-5-19(18)6-3-11-7-13-14(23-10-22-13)8-12(11)16(18)17(15)20/h7-9,16-17,20H,2-6,10H2,1H3/t16-,17-,18+/m0/s1/i1+1D3. The molecule has 1 fully saturated rings. The first-order chi connectivity index (χ1) is 12.4. The fourth-order valence-electron chi connectivity index (χ4n) is 4.90. The molecule has 122 valence electrons. The fourth-order valence-corrected chi connectivity index (χ4v) is 4.90. The summed E-state index contributed by atoms with van der Waals surface area (Å²) in [5, 5.41) is 11.1. The summed E-state index contributed by atoms with van der Waals surface area (Å²) < 4.78 is 38.5. The third kappa shape index (κ3) is 1.69. The van der Waals surface area contributed by atoms with E-state index >= 15 is 0 Å². The first kappa shape index (κ1) is 10.9. The van der Waals surface area contributed by atoms with Gasteiger partial charge in [0, 0.05) is 12.5 Å². The van der Waals surface area contributed by atoms with Gasteiger partial charge in [0.25, 0.3) is 0 Å². The normalized spacial score (nSPS) is 36.9. The molecule has 3 aliphatic heterocycles. The lowest BCUT2D eigenvalue weighted by molar-refractivity contribution is 0.0782. The lowest BCUT2D eigenvalue weighted by atomic mass is 9.78. The molecule has 0 aromatic heterocycles. The summed E-state index contributed by atoms with van der Waals surface area (Å²) in [6.07, 6.45) is 3.62. The molecule has 0 unspecified atom stereocenters. The second-order valence-electron chi connectivity index (χ2n) is 6.81. The van der Waals surface area contributed by atoms with Crippen LogP contribution < -0.4 is 9.47 Å². The third-order valence-electron chi connectivity index (χ3n) is 5.87. The van der Waals surface area contributed by atoms with Crippen LogP contribution in [-0.4, -0.2) is 48.6 Å². The average molecular weight is 319 g/mol. The molecule has 5 nitrogen and oxygen atoms in total. The van der Waals surface area contributed by atoms with Gasteiger partial charge in [0.05, 0.1) is 16.7 Å². The Kier molecular flexibility index (Phi) is 2.21. The van der Waals surface area contributed by atoms with Crippen molar-refractivity contribution in [1.82, 2.24) is 4.90 Å². The molecular weight excluding hydrogens is 295 g/mol. The Bertz CT molecular complexity index is 793. The van der Waals surface area contributed by atoms with Crippen molar-refractivity contribution in [3.63, 3.8) is 0 Å². The minimum absolute atomic E-state index is 0.160. The van der Waals surface area contributed by atoms with E-state index in [0.717, 1.165) is 49.2 Å². The third-order valence-corrected chi connectivity index (χ3v) is 5.87. The second-order valence-corrected chi connectivity index (χ2v) is 6.81. The van der Waals surface area contributed by atoms with E-state index in [1.807, 2.05) is 18.2 Å². The second kappa shape index (κ2) is 4.65. The highest BCUT2D eigenvalue weighted by Crippen LogP contribution is 2.54. The van der Waals surface area contributed by atoms with Crippen LogP contribution in [0.4, 0.5) is 0 Å². The number of aliphatic hydroxyl groups excluding tert-OH is 1. The van der Waals surface area contributed by atoms with Crippen LogP contribution in [0.5, 0.6) is 11.5 Å². The topological polar surface area (TPSA) is 51.2 Å². The molecule has 1 aromatic carbocycles. The van der Waals surface area contributed by atoms with Crippen molar-refractivity contribution in [2.75, 3.05) is 26.9 Å². The molecule has 1 saturated heterocycles. The number of nitrogens with zero attached hydrogens (tertiary/aromatic N) is 1. The van der Waals surface area contributed by atoms with Crippen LogP contribution in [0.15, 0.2) is 24.0 Å². The van der Waals surface area contributed by atoms with Crippen molar-refractivity contribution < 1.29 is 23.4 Å². The van der Waals surface area contributed by atoms with Crippen LogP contribution in [0.2, 0.25) is 0 Å². The van der Waals surface area contributed by atoms with Gasteiger partial charge in [0.15, 0.2) is 11.5 Å². The number of fused-ring (bicyclic) bond motifs is 3. The molecule has 23 heavy (non-hydrogen) atoms. The lowest BCUT2D eigenvalue weighted by Crippen LogP contribution is -2.46. The first-order valence-corrected chi connectivity index (χ1v) is 8.15. The predicted molar refractivity (Wildman–Crippen MR) is 83.6 cm³/mol. The Hall–Kier alpha value is -1.72. The van der Waals surface area contributed by atoms with Gasteiger partial charge in [-0.3, -0.25) is 4.90 Å². The molecule has 0 radical (unpaired) electrons. The van der Waals surface area contributed by atoms with E-state index in [1.165, 1.54) is 0 Å². The highest BCUT2D eigenvalue weighted by Gasteiger charge is 2.56. The molecule has 5 rings (SSSR count). The molecule has 4 aliphatic rings. The highest BCUT2D eigenvalue weighted by atomic mass is 16.7. The summed E-state index contributed by atoms with van der Waals surface area (Å²) >= 11 is 0. The van der Waals surface area contributed by atoms with Crippen molar-refractivity contribution in [2.45, 2.75) is 36.8 Å². The largest absolute Gasteiger partial charge is 0.499 e. The smallest absolute Gasteiger partial charge is 0.231 e. The molecule has 1 spiro atoms. The van der Waals surface area contributed by atoms with E-state index in [1.54, 1.807) is 0 Å². The minimum Gasteiger partial charge on any atom is -0.499 e. The van der Waals surface area contributed by atoms with E-state index in [4.69, 9.17) is 18.3 Å². The summed E-state index contributed by atoms with van der Waals surface area (Å²) in [6, 6.07) is 3.96. The molecular formula is C18H21NO4. The molecule has 5 heteroatoms. The van der Waals surface area contributed by atoms with E-state index < -0.39 is 18.7 Å². The van der Waals surface area contributed by atoms with Gasteiger partial charge in [-0.2, -0.15) is 0 Å². The van der Waals surface area contributed by atoms with Gasteiger partial charge in [-0.15, -0.1) is 0 Å². The van der Waals surface area contributed by atoms with Crippen LogP contribution in [0, 0.1) is 0 Å². The Morgan fingerprint density at radius 3 is 3.09 bits per heavy atom. The number of rotatable bonds is 1. The Labute approximate surface area is 139 Å². The van der Waals surface area contributed by atoms with Crippen LogP contribution in [0.1, 0.15) is 34.0 Å². The molecule has 3 heterocycles. The van der Waals surface area contributed by atoms with Gasteiger partial charge >= 0.3 is 0 Å². The Balaban J connectivity index is 1.64. The van der Waals surface area contributed by atoms with Gasteiger partial charge in [-0.05, 0) is 55.1 Å². The van der Waals surface area contributed by atoms with Gasteiger partial charge in [0.2, 0.25) is 6.79 Å². The molecule has 3 atom stereocenters. The monoisotopic (exact) mass is 319 g/mol. The zero-order chi connectivity index (χ0) is 18.1. The summed E-state index contributed by atoms with van der Waals surface area (Å²) in [4.78, 5) is 2.36. The number of aliphatic hydroxyl groups is 1. The summed E-state index contributed by atoms with van der Waals surface area (Å²) in [5.41, 5.74) is 1.72. The van der Waals surface area contributed by atoms with Crippen molar-refractivity contribution in [3.8, 4) is 11.5 Å². The van der Waals surface area contributed by atoms with Crippen LogP contribution in [0.3, 0.4) is 0 Å². The lowest BCUT2D eigenvalue weighted by Gasteiger charge is -2.38. The average Bonchev–Trinajstić information content (AvgIpc) is 3.21. The van der Waals surface area contributed by atoms with E-state index in [9.17, 15) is 5.11 Å². The van der Waals surface area contributed by atoms with Gasteiger partial charge < -0.3 is 19.3 Å². The van der Waals surface area contributed by atoms with Crippen molar-refractivity contribution in [1.29, 1.82) is 0 Å². The Morgan fingerprint density at radius 1 is 1.35 bits per heavy atom. The fraction of sp³-hybridized carbons (Fsp3) is 0.556. The Morgan fingerprint density at radius 2 is 2.22 bits per heavy atom. The van der Waals surface area contributed by atoms with Gasteiger partial charge in [0.1, 0.15) is 11.9 Å². The summed E-state index contributed by atoms with van der Waals surface area (Å²) in [6.45, 7) is 1.99. The van der Waals surface area contributed by atoms with Crippen molar-refractivity contribution >= 4 is 0 Å². The highest BCUT2D eigenvalue weighted by molar-refractivity contribution is 5.54. The van der Waals surface area contributed by atoms with E-state index in [0.29, 0.717) is 5.75 Å². The van der Waals surface area contributed by atoms with E-state index in [2.05, 4.69) is 4.90 Å². The van der Waals surface area contributed by atoms with Crippen LogP contribution >= 0.6 is 0 Å². The molecule has 0 bridgehead atoms. The predicted octanol–water partition coefficient (Wildman–Crippen LogP) is 1.79. The maximum atomic E-state index is 11.1.